The van der Waals surface area contributed by atoms with E-state index in [0.717, 1.165) is 11.3 Å². The van der Waals surface area contributed by atoms with E-state index in [-0.39, 0.29) is 30.1 Å². The van der Waals surface area contributed by atoms with Gasteiger partial charge in [-0.1, -0.05) is 17.7 Å². The molecule has 3 aromatic heterocycles. The molecule has 0 aliphatic heterocycles. The van der Waals surface area contributed by atoms with Crippen molar-refractivity contribution in [3.63, 3.8) is 0 Å². The molecule has 0 amide bonds. The van der Waals surface area contributed by atoms with Crippen LogP contribution in [0.15, 0.2) is 30.6 Å². The van der Waals surface area contributed by atoms with Gasteiger partial charge in [-0.25, -0.2) is 14.8 Å². The molecular formula is C18H17ClN4O3. The van der Waals surface area contributed by atoms with Gasteiger partial charge in [0.25, 0.3) is 0 Å². The highest BCUT2D eigenvalue weighted by Gasteiger charge is 2.23. The van der Waals surface area contributed by atoms with E-state index < -0.39 is 5.97 Å². The second kappa shape index (κ2) is 6.92. The van der Waals surface area contributed by atoms with Gasteiger partial charge in [-0.2, -0.15) is 4.98 Å². The van der Waals surface area contributed by atoms with Crippen molar-refractivity contribution in [1.82, 2.24) is 19.4 Å². The minimum atomic E-state index is -0.639. The van der Waals surface area contributed by atoms with Crippen molar-refractivity contribution in [2.45, 2.75) is 32.3 Å². The van der Waals surface area contributed by atoms with Crippen molar-refractivity contribution >= 4 is 23.2 Å². The Morgan fingerprint density at radius 1 is 1.27 bits per heavy atom. The largest absolute Gasteiger partial charge is 0.471 e. The van der Waals surface area contributed by atoms with Crippen LogP contribution in [0.3, 0.4) is 0 Å². The monoisotopic (exact) mass is 372 g/mol. The van der Waals surface area contributed by atoms with Gasteiger partial charge in [0.2, 0.25) is 11.7 Å². The topological polar surface area (TPSA) is 78.6 Å². The molecule has 0 saturated heterocycles. The number of hydrogen-bond acceptors (Lipinski definition) is 6. The first-order valence-electron chi connectivity index (χ1n) is 8.44. The summed E-state index contributed by atoms with van der Waals surface area (Å²) in [5.74, 6) is 0.119. The molecule has 0 atom stereocenters. The van der Waals surface area contributed by atoms with E-state index in [1.54, 1.807) is 6.92 Å². The van der Waals surface area contributed by atoms with Crippen molar-refractivity contribution in [3.8, 4) is 5.88 Å². The van der Waals surface area contributed by atoms with Gasteiger partial charge < -0.3 is 13.9 Å². The first kappa shape index (κ1) is 16.8. The van der Waals surface area contributed by atoms with E-state index in [1.165, 1.54) is 24.5 Å². The molecule has 1 fully saturated rings. The van der Waals surface area contributed by atoms with Crippen LogP contribution in [0.4, 0.5) is 0 Å². The van der Waals surface area contributed by atoms with Crippen LogP contribution >= 0.6 is 11.6 Å². The summed E-state index contributed by atoms with van der Waals surface area (Å²) in [5, 5.41) is 0.113. The molecule has 4 rings (SSSR count). The minimum Gasteiger partial charge on any atom is -0.471 e. The molecule has 3 heterocycles. The molecule has 1 saturated carbocycles. The van der Waals surface area contributed by atoms with Gasteiger partial charge in [-0.3, -0.25) is 0 Å². The third kappa shape index (κ3) is 3.62. The number of hydrogen-bond donors (Lipinski definition) is 0. The normalized spacial score (nSPS) is 13.8. The van der Waals surface area contributed by atoms with Crippen LogP contribution < -0.4 is 4.74 Å². The molecule has 7 nitrogen and oxygen atoms in total. The number of halogens is 1. The second-order valence-corrected chi connectivity index (χ2v) is 6.48. The molecule has 1 aliphatic rings. The van der Waals surface area contributed by atoms with Crippen LogP contribution in [0.25, 0.3) is 5.65 Å². The van der Waals surface area contributed by atoms with Crippen LogP contribution in [-0.2, 0) is 11.3 Å². The quantitative estimate of drug-likeness (QED) is 0.487. The van der Waals surface area contributed by atoms with E-state index in [0.29, 0.717) is 5.92 Å². The fraction of sp³-hybridized carbons (Fsp3) is 0.333. The van der Waals surface area contributed by atoms with E-state index in [1.807, 2.05) is 16.7 Å². The Morgan fingerprint density at radius 2 is 2.12 bits per heavy atom. The molecule has 1 aliphatic carbocycles. The summed E-state index contributed by atoms with van der Waals surface area (Å²) in [5.41, 5.74) is 2.95. The molecule has 0 spiro atoms. The van der Waals surface area contributed by atoms with Gasteiger partial charge in [0.05, 0.1) is 12.3 Å². The van der Waals surface area contributed by atoms with Crippen LogP contribution in [0, 0.1) is 0 Å². The summed E-state index contributed by atoms with van der Waals surface area (Å²) in [7, 11) is 0. The van der Waals surface area contributed by atoms with Crippen molar-refractivity contribution in [2.24, 2.45) is 0 Å². The number of esters is 1. The van der Waals surface area contributed by atoms with E-state index >= 15 is 0 Å². The third-order valence-electron chi connectivity index (χ3n) is 4.07. The number of imidazole rings is 1. The van der Waals surface area contributed by atoms with Crippen LogP contribution in [-0.4, -0.2) is 31.9 Å². The van der Waals surface area contributed by atoms with E-state index in [4.69, 9.17) is 21.1 Å². The number of nitrogens with zero attached hydrogens (tertiary/aromatic N) is 4. The van der Waals surface area contributed by atoms with Crippen LogP contribution in [0.1, 0.15) is 47.6 Å². The zero-order valence-corrected chi connectivity index (χ0v) is 14.9. The lowest BCUT2D eigenvalue weighted by atomic mass is 10.2. The fourth-order valence-corrected chi connectivity index (χ4v) is 2.87. The smallest absolute Gasteiger partial charge is 0.376 e. The van der Waals surface area contributed by atoms with Crippen molar-refractivity contribution < 1.29 is 14.3 Å². The Kier molecular flexibility index (Phi) is 4.46. The molecule has 0 N–H and O–H groups in total. The van der Waals surface area contributed by atoms with Crippen molar-refractivity contribution in [2.75, 3.05) is 6.61 Å². The summed E-state index contributed by atoms with van der Waals surface area (Å²) in [6, 6.07) is 5.59. The average Bonchev–Trinajstić information content (AvgIpc) is 3.39. The Labute approximate surface area is 155 Å². The first-order valence-corrected chi connectivity index (χ1v) is 8.82. The number of ether oxygens (including phenoxy) is 2. The highest BCUT2D eigenvalue weighted by Crippen LogP contribution is 2.39. The zero-order valence-electron chi connectivity index (χ0n) is 14.2. The van der Waals surface area contributed by atoms with Gasteiger partial charge >= 0.3 is 5.97 Å². The van der Waals surface area contributed by atoms with Gasteiger partial charge in [0, 0.05) is 18.5 Å². The summed E-state index contributed by atoms with van der Waals surface area (Å²) in [6.07, 6.45) is 6.56. The Balaban J connectivity index is 1.49. The van der Waals surface area contributed by atoms with E-state index in [2.05, 4.69) is 27.2 Å². The third-order valence-corrected chi connectivity index (χ3v) is 4.26. The molecule has 0 bridgehead atoms. The average molecular weight is 373 g/mol. The van der Waals surface area contributed by atoms with Crippen molar-refractivity contribution in [1.29, 1.82) is 0 Å². The molecule has 0 aromatic carbocycles. The highest BCUT2D eigenvalue weighted by molar-refractivity contribution is 6.29. The maximum absolute atomic E-state index is 11.8. The van der Waals surface area contributed by atoms with Crippen LogP contribution in [0.2, 0.25) is 5.15 Å². The number of fused-ring (bicyclic) bond motifs is 1. The number of carbonyl (C=O) groups excluding carboxylic acids is 1. The Morgan fingerprint density at radius 3 is 2.88 bits per heavy atom. The lowest BCUT2D eigenvalue weighted by molar-refractivity contribution is 0.0510. The second-order valence-electron chi connectivity index (χ2n) is 6.10. The van der Waals surface area contributed by atoms with Gasteiger partial charge in [-0.15, -0.1) is 0 Å². The molecule has 0 unspecified atom stereocenters. The molecule has 8 heteroatoms. The predicted molar refractivity (Wildman–Crippen MR) is 94.5 cm³/mol. The highest BCUT2D eigenvalue weighted by atomic mass is 35.5. The Bertz CT molecular complexity index is 968. The Hall–Kier alpha value is -2.67. The number of carbonyl (C=O) groups is 1. The van der Waals surface area contributed by atoms with Crippen LogP contribution in [0.5, 0.6) is 5.88 Å². The van der Waals surface area contributed by atoms with Gasteiger partial charge in [-0.05, 0) is 37.3 Å². The molecule has 26 heavy (non-hydrogen) atoms. The fourth-order valence-electron chi connectivity index (χ4n) is 2.69. The lowest BCUT2D eigenvalue weighted by Crippen LogP contribution is -2.11. The maximum atomic E-state index is 11.8. The van der Waals surface area contributed by atoms with Gasteiger partial charge in [0.15, 0.2) is 0 Å². The number of pyridine rings is 1. The predicted octanol–water partition coefficient (Wildman–Crippen LogP) is 3.41. The summed E-state index contributed by atoms with van der Waals surface area (Å²) in [4.78, 5) is 24.2. The SMILES string of the molecule is CCOC(=O)c1nc(Cl)cc(OCc2cn3cc(C4CC4)ccc3n2)n1. The number of rotatable bonds is 6. The summed E-state index contributed by atoms with van der Waals surface area (Å²) >= 11 is 5.93. The molecule has 3 aromatic rings. The van der Waals surface area contributed by atoms with Gasteiger partial charge in [0.1, 0.15) is 17.4 Å². The maximum Gasteiger partial charge on any atom is 0.376 e. The standard InChI is InChI=1S/C18H17ClN4O3/c1-2-25-18(24)17-21-14(19)7-16(22-17)26-10-13-9-23-8-12(11-3-4-11)5-6-15(23)20-13/h5-9,11H,2-4,10H2,1H3. The number of aromatic nitrogens is 4. The minimum absolute atomic E-state index is 0.113. The lowest BCUT2D eigenvalue weighted by Gasteiger charge is -2.05. The first-order chi connectivity index (χ1) is 12.6. The zero-order chi connectivity index (χ0) is 18.1. The molecule has 134 valence electrons. The van der Waals surface area contributed by atoms with Crippen molar-refractivity contribution in [3.05, 3.63) is 52.8 Å². The van der Waals surface area contributed by atoms with E-state index in [9.17, 15) is 4.79 Å². The molecular weight excluding hydrogens is 356 g/mol. The summed E-state index contributed by atoms with van der Waals surface area (Å²) < 4.78 is 12.5. The summed E-state index contributed by atoms with van der Waals surface area (Å²) in [6.45, 7) is 2.14. The molecule has 0 radical (unpaired) electrons.